The van der Waals surface area contributed by atoms with Crippen molar-refractivity contribution in [2.45, 2.75) is 33.0 Å². The van der Waals surface area contributed by atoms with Crippen molar-refractivity contribution in [2.75, 3.05) is 19.7 Å². The zero-order valence-electron chi connectivity index (χ0n) is 13.8. The maximum atomic E-state index is 12.6. The Bertz CT molecular complexity index is 574. The van der Waals surface area contributed by atoms with Crippen molar-refractivity contribution in [2.24, 2.45) is 0 Å². The molecule has 0 bridgehead atoms. The largest absolute Gasteiger partial charge is 0.484 e. The molecular weight excluding hydrogens is 325 g/mol. The normalized spacial score (nSPS) is 11.3. The zero-order chi connectivity index (χ0) is 18.3. The van der Waals surface area contributed by atoms with Gasteiger partial charge in [0.15, 0.2) is 6.61 Å². The van der Waals surface area contributed by atoms with Gasteiger partial charge < -0.3 is 15.0 Å². The molecular formula is C16H21F3N2O3. The van der Waals surface area contributed by atoms with Crippen LogP contribution in [-0.4, -0.2) is 42.5 Å². The van der Waals surface area contributed by atoms with Gasteiger partial charge in [-0.05, 0) is 39.0 Å². The van der Waals surface area contributed by atoms with Gasteiger partial charge in [0.2, 0.25) is 5.91 Å². The van der Waals surface area contributed by atoms with E-state index >= 15 is 0 Å². The maximum absolute atomic E-state index is 12.6. The maximum Gasteiger partial charge on any atom is 0.416 e. The first-order chi connectivity index (χ1) is 11.1. The number of nitrogens with zero attached hydrogens (tertiary/aromatic N) is 1. The summed E-state index contributed by atoms with van der Waals surface area (Å²) < 4.78 is 43.0. The number of rotatable bonds is 7. The summed E-state index contributed by atoms with van der Waals surface area (Å²) in [5.41, 5.74) is -0.851. The zero-order valence-corrected chi connectivity index (χ0v) is 13.8. The number of carbonyl (C=O) groups is 2. The van der Waals surface area contributed by atoms with E-state index in [1.54, 1.807) is 20.8 Å². The Morgan fingerprint density at radius 2 is 1.96 bits per heavy atom. The molecule has 1 N–H and O–H groups in total. The van der Waals surface area contributed by atoms with Gasteiger partial charge in [0.1, 0.15) is 5.75 Å². The molecule has 0 fully saturated rings. The molecule has 0 aliphatic carbocycles. The Hall–Kier alpha value is -2.25. The van der Waals surface area contributed by atoms with Gasteiger partial charge in [-0.15, -0.1) is 0 Å². The molecule has 0 atom stereocenters. The third kappa shape index (κ3) is 6.47. The fourth-order valence-electron chi connectivity index (χ4n) is 1.92. The fraction of sp³-hybridized carbons (Fsp3) is 0.500. The molecule has 1 rings (SSSR count). The van der Waals surface area contributed by atoms with Crippen molar-refractivity contribution in [3.63, 3.8) is 0 Å². The van der Waals surface area contributed by atoms with Gasteiger partial charge in [0.25, 0.3) is 5.91 Å². The van der Waals surface area contributed by atoms with Crippen LogP contribution in [0.1, 0.15) is 26.3 Å². The molecule has 0 heterocycles. The minimum absolute atomic E-state index is 0.0485. The van der Waals surface area contributed by atoms with E-state index in [0.717, 1.165) is 12.1 Å². The summed E-state index contributed by atoms with van der Waals surface area (Å²) in [6.45, 7) is 5.02. The molecule has 1 aromatic rings. The number of carbonyl (C=O) groups excluding carboxylic acids is 2. The summed E-state index contributed by atoms with van der Waals surface area (Å²) in [6.07, 6.45) is -4.48. The van der Waals surface area contributed by atoms with Gasteiger partial charge in [-0.25, -0.2) is 0 Å². The number of ether oxygens (including phenoxy) is 1. The minimum atomic E-state index is -4.48. The minimum Gasteiger partial charge on any atom is -0.484 e. The van der Waals surface area contributed by atoms with E-state index in [1.165, 1.54) is 17.0 Å². The quantitative estimate of drug-likeness (QED) is 0.825. The van der Waals surface area contributed by atoms with Crippen LogP contribution in [0.25, 0.3) is 0 Å². The van der Waals surface area contributed by atoms with Gasteiger partial charge in [-0.1, -0.05) is 6.07 Å². The number of halogens is 3. The highest BCUT2D eigenvalue weighted by Crippen LogP contribution is 2.31. The molecule has 0 aromatic heterocycles. The smallest absolute Gasteiger partial charge is 0.416 e. The molecule has 0 spiro atoms. The van der Waals surface area contributed by atoms with E-state index in [0.29, 0.717) is 0 Å². The number of amides is 2. The molecule has 0 saturated heterocycles. The van der Waals surface area contributed by atoms with Gasteiger partial charge in [-0.2, -0.15) is 13.2 Å². The van der Waals surface area contributed by atoms with Crippen LogP contribution >= 0.6 is 0 Å². The Labute approximate surface area is 138 Å². The van der Waals surface area contributed by atoms with Crippen LogP contribution in [0.15, 0.2) is 24.3 Å². The highest BCUT2D eigenvalue weighted by molar-refractivity contribution is 5.85. The molecule has 0 aliphatic heterocycles. The van der Waals surface area contributed by atoms with E-state index in [2.05, 4.69) is 5.32 Å². The number of likely N-dealkylation sites (N-methyl/N-ethyl adjacent to an activating group) is 1. The number of hydrogen-bond donors (Lipinski definition) is 1. The van der Waals surface area contributed by atoms with Crippen molar-refractivity contribution in [1.29, 1.82) is 0 Å². The van der Waals surface area contributed by atoms with Crippen molar-refractivity contribution in [1.82, 2.24) is 10.2 Å². The summed E-state index contributed by atoms with van der Waals surface area (Å²) >= 11 is 0. The first-order valence-corrected chi connectivity index (χ1v) is 7.50. The standard InChI is InChI=1S/C16H21F3N2O3/c1-4-21(9-14(22)20-11(2)3)15(23)10-24-13-7-5-6-12(8-13)16(17,18)19/h5-8,11H,4,9-10H2,1-3H3,(H,20,22). The second-order valence-electron chi connectivity index (χ2n) is 5.44. The average molecular weight is 346 g/mol. The lowest BCUT2D eigenvalue weighted by atomic mass is 10.2. The lowest BCUT2D eigenvalue weighted by Crippen LogP contribution is -2.44. The first-order valence-electron chi connectivity index (χ1n) is 7.50. The van der Waals surface area contributed by atoms with Gasteiger partial charge in [0, 0.05) is 12.6 Å². The molecule has 1 aromatic carbocycles. The summed E-state index contributed by atoms with van der Waals surface area (Å²) in [6, 6.07) is 4.24. The SMILES string of the molecule is CCN(CC(=O)NC(C)C)C(=O)COc1cccc(C(F)(F)F)c1. The Morgan fingerprint density at radius 1 is 1.29 bits per heavy atom. The van der Waals surface area contributed by atoms with E-state index in [1.807, 2.05) is 0 Å². The molecule has 0 aliphatic rings. The van der Waals surface area contributed by atoms with Gasteiger partial charge >= 0.3 is 6.18 Å². The Morgan fingerprint density at radius 3 is 2.50 bits per heavy atom. The van der Waals surface area contributed by atoms with Gasteiger partial charge in [0.05, 0.1) is 12.1 Å². The highest BCUT2D eigenvalue weighted by atomic mass is 19.4. The molecule has 0 radical (unpaired) electrons. The number of benzene rings is 1. The molecule has 8 heteroatoms. The van der Waals surface area contributed by atoms with Crippen molar-refractivity contribution in [3.8, 4) is 5.75 Å². The van der Waals surface area contributed by atoms with E-state index < -0.39 is 24.3 Å². The van der Waals surface area contributed by atoms with E-state index in [4.69, 9.17) is 4.74 Å². The van der Waals surface area contributed by atoms with Crippen LogP contribution in [0.5, 0.6) is 5.75 Å². The molecule has 134 valence electrons. The molecule has 0 unspecified atom stereocenters. The topological polar surface area (TPSA) is 58.6 Å². The third-order valence-corrected chi connectivity index (χ3v) is 3.04. The summed E-state index contributed by atoms with van der Waals surface area (Å²) in [5.74, 6) is -0.839. The first kappa shape index (κ1) is 19.8. The number of nitrogens with one attached hydrogen (secondary N) is 1. The van der Waals surface area contributed by atoms with Crippen LogP contribution in [0, 0.1) is 0 Å². The monoisotopic (exact) mass is 346 g/mol. The molecule has 2 amide bonds. The van der Waals surface area contributed by atoms with Crippen LogP contribution in [0.2, 0.25) is 0 Å². The predicted octanol–water partition coefficient (Wildman–Crippen LogP) is 2.46. The van der Waals surface area contributed by atoms with Crippen molar-refractivity contribution in [3.05, 3.63) is 29.8 Å². The van der Waals surface area contributed by atoms with Crippen LogP contribution in [0.4, 0.5) is 13.2 Å². The molecule has 5 nitrogen and oxygen atoms in total. The van der Waals surface area contributed by atoms with E-state index in [9.17, 15) is 22.8 Å². The number of hydrogen-bond acceptors (Lipinski definition) is 3. The van der Waals surface area contributed by atoms with E-state index in [-0.39, 0.29) is 30.8 Å². The molecule has 24 heavy (non-hydrogen) atoms. The lowest BCUT2D eigenvalue weighted by molar-refractivity contribution is -0.138. The highest BCUT2D eigenvalue weighted by Gasteiger charge is 2.30. The van der Waals surface area contributed by atoms with Gasteiger partial charge in [-0.3, -0.25) is 9.59 Å². The lowest BCUT2D eigenvalue weighted by Gasteiger charge is -2.21. The molecule has 0 saturated carbocycles. The second-order valence-corrected chi connectivity index (χ2v) is 5.44. The van der Waals surface area contributed by atoms with Crippen LogP contribution in [0.3, 0.4) is 0 Å². The summed E-state index contributed by atoms with van der Waals surface area (Å²) in [4.78, 5) is 25.0. The predicted molar refractivity (Wildman–Crippen MR) is 82.5 cm³/mol. The summed E-state index contributed by atoms with van der Waals surface area (Å²) in [5, 5.41) is 2.66. The Balaban J connectivity index is 2.62. The van der Waals surface area contributed by atoms with Crippen molar-refractivity contribution < 1.29 is 27.5 Å². The van der Waals surface area contributed by atoms with Crippen molar-refractivity contribution >= 4 is 11.8 Å². The fourth-order valence-corrected chi connectivity index (χ4v) is 1.92. The third-order valence-electron chi connectivity index (χ3n) is 3.04. The van der Waals surface area contributed by atoms with Crippen LogP contribution in [-0.2, 0) is 15.8 Å². The van der Waals surface area contributed by atoms with Crippen LogP contribution < -0.4 is 10.1 Å². The second kappa shape index (κ2) is 8.56. The summed E-state index contributed by atoms with van der Waals surface area (Å²) in [7, 11) is 0. The number of alkyl halides is 3. The average Bonchev–Trinajstić information content (AvgIpc) is 2.49. The Kier molecular flexibility index (Phi) is 7.06.